The summed E-state index contributed by atoms with van der Waals surface area (Å²) in [5, 5.41) is 44.1. The van der Waals surface area contributed by atoms with Crippen LogP contribution >= 0.6 is 0 Å². The molecule has 1 aromatic rings. The minimum absolute atomic E-state index is 0. The normalized spacial score (nSPS) is 8.29. The zero-order valence-electron chi connectivity index (χ0n) is 25.6. The Bertz CT molecular complexity index is 741. The fourth-order valence-electron chi connectivity index (χ4n) is 2.83. The first kappa shape index (κ1) is 55.3. The van der Waals surface area contributed by atoms with Crippen molar-refractivity contribution >= 4 is 25.3 Å². The van der Waals surface area contributed by atoms with Gasteiger partial charge in [-0.1, -0.05) is 0 Å². The van der Waals surface area contributed by atoms with Crippen LogP contribution in [0.15, 0.2) is 0 Å². The predicted octanol–water partition coefficient (Wildman–Crippen LogP) is 4.45. The number of rotatable bonds is 8. The summed E-state index contributed by atoms with van der Waals surface area (Å²) in [5.74, 6) is 1.66. The van der Waals surface area contributed by atoms with Gasteiger partial charge >= 0.3 is 36.0 Å². The van der Waals surface area contributed by atoms with Crippen LogP contribution in [0, 0.1) is 94.8 Å². The molecule has 0 bridgehead atoms. The minimum Gasteiger partial charge on any atom is -0.791 e. The molecule has 0 aliphatic heterocycles. The summed E-state index contributed by atoms with van der Waals surface area (Å²) in [7, 11) is 4.25. The summed E-state index contributed by atoms with van der Waals surface area (Å²) in [4.78, 5) is 21.1. The van der Waals surface area contributed by atoms with Gasteiger partial charge in [-0.25, -0.2) is 0 Å². The van der Waals surface area contributed by atoms with Gasteiger partial charge in [0.25, 0.3) is 0 Å². The molecule has 41 heavy (non-hydrogen) atoms. The van der Waals surface area contributed by atoms with E-state index in [1.807, 2.05) is 0 Å². The summed E-state index contributed by atoms with van der Waals surface area (Å²) < 4.78 is 0. The molecule has 0 unspecified atom stereocenters. The van der Waals surface area contributed by atoms with E-state index in [0.717, 1.165) is 37.7 Å². The zero-order valence-corrected chi connectivity index (χ0v) is 29.9. The number of hydrogen-bond acceptors (Lipinski definition) is 12. The number of nitrogens with zero attached hydrogens (tertiary/aromatic N) is 6. The third kappa shape index (κ3) is 42.9. The first-order valence-electron chi connectivity index (χ1n) is 11.8. The Hall–Kier alpha value is -1.66. The predicted molar refractivity (Wildman–Crippen MR) is 162 cm³/mol. The van der Waals surface area contributed by atoms with Crippen LogP contribution in [0.2, 0.25) is 0 Å². The molecule has 1 aromatic carbocycles. The number of benzene rings is 1. The van der Waals surface area contributed by atoms with Crippen LogP contribution in [-0.2, 0) is 61.2 Å². The van der Waals surface area contributed by atoms with Crippen LogP contribution in [0.4, 0.5) is 0 Å². The molecule has 1 rings (SSSR count). The molecule has 0 fully saturated rings. The number of nitriles is 2. The third-order valence-corrected chi connectivity index (χ3v) is 5.77. The first-order valence-corrected chi connectivity index (χ1v) is 12.9. The van der Waals surface area contributed by atoms with E-state index >= 15 is 0 Å². The second kappa shape index (κ2) is 38.3. The maximum Gasteiger partial charge on any atom is 2.00 e. The van der Waals surface area contributed by atoms with E-state index in [9.17, 15) is 0 Å². The molecular weight excluding hydrogens is 704 g/mol. The second-order valence-corrected chi connectivity index (χ2v) is 8.83. The molecule has 0 radical (unpaired) electrons. The molecule has 0 saturated heterocycles. The summed E-state index contributed by atoms with van der Waals surface area (Å²) >= 11 is 9.81. The van der Waals surface area contributed by atoms with E-state index in [0.29, 0.717) is 0 Å². The minimum atomic E-state index is -1.75. The SMILES string of the molecule is CC#N.CC#N.CN(CC[S-])CCCN(C)CC[S-].Cc1c(C)c(C)c(C)c(C)c1C.O=[N+]([O-])[O-].O=[N+]([O-])[O-].[Ni+2].[Ru+2]. The van der Waals surface area contributed by atoms with Gasteiger partial charge in [0, 0.05) is 13.8 Å². The molecule has 0 atom stereocenters. The van der Waals surface area contributed by atoms with Crippen molar-refractivity contribution in [2.45, 2.75) is 61.8 Å². The van der Waals surface area contributed by atoms with Crippen molar-refractivity contribution in [2.75, 3.05) is 51.8 Å². The quantitative estimate of drug-likeness (QED) is 0.158. The van der Waals surface area contributed by atoms with Crippen molar-refractivity contribution < 1.29 is 46.1 Å². The van der Waals surface area contributed by atoms with Crippen molar-refractivity contribution in [3.05, 3.63) is 64.0 Å². The molecule has 0 aliphatic rings. The fourth-order valence-corrected chi connectivity index (χ4v) is 3.46. The molecule has 16 heteroatoms. The molecule has 0 amide bonds. The van der Waals surface area contributed by atoms with Crippen LogP contribution in [0.5, 0.6) is 0 Å². The van der Waals surface area contributed by atoms with E-state index in [1.54, 1.807) is 12.1 Å². The fraction of sp³-hybridized carbons (Fsp3) is 0.680. The Morgan fingerprint density at radius 3 is 0.902 bits per heavy atom. The van der Waals surface area contributed by atoms with Gasteiger partial charge in [-0.05, 0) is 122 Å². The van der Waals surface area contributed by atoms with E-state index < -0.39 is 10.2 Å². The Morgan fingerprint density at radius 1 is 0.634 bits per heavy atom. The molecule has 0 aromatic heterocycles. The van der Waals surface area contributed by atoms with E-state index in [-0.39, 0.29) is 36.0 Å². The van der Waals surface area contributed by atoms with Crippen LogP contribution in [0.3, 0.4) is 0 Å². The van der Waals surface area contributed by atoms with Crippen molar-refractivity contribution in [1.29, 1.82) is 10.5 Å². The van der Waals surface area contributed by atoms with Crippen molar-refractivity contribution in [2.24, 2.45) is 0 Å². The third-order valence-electron chi connectivity index (χ3n) is 5.40. The van der Waals surface area contributed by atoms with Crippen molar-refractivity contribution in [1.82, 2.24) is 9.80 Å². The molecule has 12 nitrogen and oxygen atoms in total. The zero-order chi connectivity index (χ0) is 32.1. The van der Waals surface area contributed by atoms with E-state index in [1.165, 1.54) is 53.6 Å². The smallest absolute Gasteiger partial charge is 0.791 e. The molecular formula is C25H44N6NiO6RuS2. The molecule has 240 valence electrons. The van der Waals surface area contributed by atoms with Crippen LogP contribution < -0.4 is 0 Å². The van der Waals surface area contributed by atoms with Crippen LogP contribution in [0.1, 0.15) is 53.6 Å². The maximum atomic E-state index is 8.25. The van der Waals surface area contributed by atoms with Crippen molar-refractivity contribution in [3.8, 4) is 12.1 Å². The first-order chi connectivity index (χ1) is 18.0. The summed E-state index contributed by atoms with van der Waals surface area (Å²) in [5.41, 5.74) is 8.73. The van der Waals surface area contributed by atoms with Gasteiger partial charge in [-0.3, -0.25) is 0 Å². The molecule has 0 spiro atoms. The molecule has 0 saturated carbocycles. The maximum absolute atomic E-state index is 8.25. The van der Waals surface area contributed by atoms with E-state index in [2.05, 4.69) is 65.4 Å². The van der Waals surface area contributed by atoms with Gasteiger partial charge in [0.2, 0.25) is 0 Å². The Kier molecular flexibility index (Phi) is 51.7. The molecule has 0 N–H and O–H groups in total. The monoisotopic (exact) mass is 748 g/mol. The number of hydrogen-bond donors (Lipinski definition) is 0. The average molecular weight is 749 g/mol. The Balaban J connectivity index is -0.0000000755. The van der Waals surface area contributed by atoms with Gasteiger partial charge in [-0.15, -0.1) is 0 Å². The summed E-state index contributed by atoms with van der Waals surface area (Å²) in [6.45, 7) is 20.5. The van der Waals surface area contributed by atoms with Gasteiger partial charge in [0.1, 0.15) is 0 Å². The van der Waals surface area contributed by atoms with Crippen LogP contribution in [0.25, 0.3) is 0 Å². The average Bonchev–Trinajstić information content (AvgIpc) is 2.81. The standard InChI is InChI=1S/C12H18.C9H22N2S2.2C2H3N.2NO3.Ni.Ru/c1-7-8(2)10(4)12(6)11(5)9(7)3;1-10(6-8-12)4-3-5-11(2)7-9-13;2*1-2-3;2*2-1(3)4;;/h1-6H3;12-13H,3-9H2,1-2H3;2*1H3;;;;/q;;;;2*-1;2*+2/p-2. The second-order valence-electron chi connectivity index (χ2n) is 8.01. The van der Waals surface area contributed by atoms with Gasteiger partial charge in [-0.2, -0.15) is 22.0 Å². The van der Waals surface area contributed by atoms with Gasteiger partial charge in [0.15, 0.2) is 0 Å². The summed E-state index contributed by atoms with van der Waals surface area (Å²) in [6.07, 6.45) is 1.21. The largest absolute Gasteiger partial charge is 2.00 e. The topological polar surface area (TPSA) is 186 Å². The van der Waals surface area contributed by atoms with Gasteiger partial charge < -0.3 is 65.7 Å². The van der Waals surface area contributed by atoms with Gasteiger partial charge in [0.05, 0.1) is 22.3 Å². The molecule has 0 aliphatic carbocycles. The molecule has 0 heterocycles. The van der Waals surface area contributed by atoms with Crippen LogP contribution in [-0.4, -0.2) is 71.8 Å². The Labute approximate surface area is 280 Å². The summed E-state index contributed by atoms with van der Waals surface area (Å²) in [6, 6.07) is 3.50. The van der Waals surface area contributed by atoms with Crippen molar-refractivity contribution in [3.63, 3.8) is 0 Å². The Morgan fingerprint density at radius 2 is 0.780 bits per heavy atom. The van der Waals surface area contributed by atoms with E-state index in [4.69, 9.17) is 66.4 Å².